The molecular formula is C30H28N2O7. The van der Waals surface area contributed by atoms with Crippen molar-refractivity contribution in [3.05, 3.63) is 95.2 Å². The first-order chi connectivity index (χ1) is 19.0. The SMILES string of the molecule is CO/C=C(\C(=O)OC)c1ccccc1COc1cccc(C2=NN(C(C)=O)C(c3ccc4c(c3)OCO4)C2)c1. The van der Waals surface area contributed by atoms with E-state index in [9.17, 15) is 9.59 Å². The summed E-state index contributed by atoms with van der Waals surface area (Å²) in [6.07, 6.45) is 1.90. The molecule has 200 valence electrons. The highest BCUT2D eigenvalue weighted by Gasteiger charge is 2.32. The Morgan fingerprint density at radius 1 is 1.03 bits per heavy atom. The van der Waals surface area contributed by atoms with Gasteiger partial charge in [-0.25, -0.2) is 9.80 Å². The van der Waals surface area contributed by atoms with Crippen LogP contribution >= 0.6 is 0 Å². The summed E-state index contributed by atoms with van der Waals surface area (Å²) in [5, 5.41) is 6.16. The van der Waals surface area contributed by atoms with Crippen LogP contribution in [0.4, 0.5) is 0 Å². The first-order valence-corrected chi connectivity index (χ1v) is 12.4. The van der Waals surface area contributed by atoms with Crippen molar-refractivity contribution in [2.75, 3.05) is 21.0 Å². The monoisotopic (exact) mass is 528 g/mol. The molecule has 0 N–H and O–H groups in total. The number of hydrogen-bond donors (Lipinski definition) is 0. The van der Waals surface area contributed by atoms with Crippen molar-refractivity contribution in [1.82, 2.24) is 5.01 Å². The minimum atomic E-state index is -0.502. The number of benzene rings is 3. The molecule has 1 amide bonds. The number of esters is 1. The van der Waals surface area contributed by atoms with Crippen LogP contribution in [0, 0.1) is 0 Å². The highest BCUT2D eigenvalue weighted by atomic mass is 16.7. The van der Waals surface area contributed by atoms with E-state index in [1.165, 1.54) is 32.4 Å². The Kier molecular flexibility index (Phi) is 7.49. The van der Waals surface area contributed by atoms with Crippen molar-refractivity contribution in [2.24, 2.45) is 5.10 Å². The predicted octanol–water partition coefficient (Wildman–Crippen LogP) is 4.85. The van der Waals surface area contributed by atoms with Gasteiger partial charge in [0.05, 0.1) is 32.2 Å². The summed E-state index contributed by atoms with van der Waals surface area (Å²) in [4.78, 5) is 24.8. The molecule has 0 aromatic heterocycles. The molecule has 0 fully saturated rings. The fourth-order valence-electron chi connectivity index (χ4n) is 4.64. The zero-order valence-corrected chi connectivity index (χ0v) is 21.9. The van der Waals surface area contributed by atoms with Crippen molar-refractivity contribution in [3.63, 3.8) is 0 Å². The lowest BCUT2D eigenvalue weighted by Gasteiger charge is -2.20. The van der Waals surface area contributed by atoms with E-state index in [0.717, 1.165) is 22.4 Å². The number of carbonyl (C=O) groups excluding carboxylic acids is 2. The second-order valence-electron chi connectivity index (χ2n) is 8.98. The maximum Gasteiger partial charge on any atom is 0.341 e. The lowest BCUT2D eigenvalue weighted by molar-refractivity contribution is -0.134. The van der Waals surface area contributed by atoms with Gasteiger partial charge >= 0.3 is 5.97 Å². The number of rotatable bonds is 8. The van der Waals surface area contributed by atoms with Gasteiger partial charge in [0.1, 0.15) is 17.9 Å². The number of carbonyl (C=O) groups is 2. The topological polar surface area (TPSA) is 95.9 Å². The van der Waals surface area contributed by atoms with Gasteiger partial charge in [0, 0.05) is 18.9 Å². The van der Waals surface area contributed by atoms with E-state index in [4.69, 9.17) is 23.7 Å². The second kappa shape index (κ2) is 11.3. The standard InChI is InChI=1S/C30H28N2O7/c1-19(33)32-27(21-11-12-28-29(14-21)39-18-38-28)15-26(31-32)20-8-6-9-23(13-20)37-16-22-7-4-5-10-24(22)25(17-35-2)30(34)36-3/h4-14,17,27H,15-16,18H2,1-3H3/b25-17-. The molecule has 0 aliphatic carbocycles. The third kappa shape index (κ3) is 5.43. The minimum absolute atomic E-state index is 0.151. The smallest absolute Gasteiger partial charge is 0.341 e. The highest BCUT2D eigenvalue weighted by Crippen LogP contribution is 2.39. The van der Waals surface area contributed by atoms with Crippen molar-refractivity contribution in [3.8, 4) is 17.2 Å². The van der Waals surface area contributed by atoms with Crippen LogP contribution in [0.1, 0.15) is 41.6 Å². The number of amides is 1. The van der Waals surface area contributed by atoms with Gasteiger partial charge in [-0.15, -0.1) is 0 Å². The van der Waals surface area contributed by atoms with Crippen LogP contribution in [-0.4, -0.2) is 43.6 Å². The largest absolute Gasteiger partial charge is 0.503 e. The van der Waals surface area contributed by atoms with E-state index in [1.807, 2.05) is 66.7 Å². The van der Waals surface area contributed by atoms with Gasteiger partial charge in [-0.3, -0.25) is 4.79 Å². The van der Waals surface area contributed by atoms with Gasteiger partial charge < -0.3 is 23.7 Å². The van der Waals surface area contributed by atoms with Crippen LogP contribution in [0.3, 0.4) is 0 Å². The molecule has 3 aromatic rings. The number of hydrogen-bond acceptors (Lipinski definition) is 8. The number of nitrogens with zero attached hydrogens (tertiary/aromatic N) is 2. The zero-order valence-electron chi connectivity index (χ0n) is 21.9. The van der Waals surface area contributed by atoms with Crippen LogP contribution in [0.5, 0.6) is 17.2 Å². The summed E-state index contributed by atoms with van der Waals surface area (Å²) in [6.45, 7) is 1.90. The molecule has 0 radical (unpaired) electrons. The number of ether oxygens (including phenoxy) is 5. The molecule has 0 bridgehead atoms. The fraction of sp³-hybridized carbons (Fsp3) is 0.233. The zero-order chi connectivity index (χ0) is 27.4. The molecule has 39 heavy (non-hydrogen) atoms. The predicted molar refractivity (Wildman–Crippen MR) is 143 cm³/mol. The van der Waals surface area contributed by atoms with Gasteiger partial charge in [0.2, 0.25) is 12.7 Å². The van der Waals surface area contributed by atoms with E-state index in [-0.39, 0.29) is 25.3 Å². The minimum Gasteiger partial charge on any atom is -0.503 e. The Balaban J connectivity index is 1.35. The first kappa shape index (κ1) is 25.8. The lowest BCUT2D eigenvalue weighted by atomic mass is 9.98. The normalized spacial score (nSPS) is 16.1. The molecule has 9 heteroatoms. The fourth-order valence-corrected chi connectivity index (χ4v) is 4.64. The number of hydrazone groups is 1. The van der Waals surface area contributed by atoms with Gasteiger partial charge in [-0.1, -0.05) is 42.5 Å². The molecular weight excluding hydrogens is 500 g/mol. The third-order valence-electron chi connectivity index (χ3n) is 6.52. The Bertz CT molecular complexity index is 1460. The molecule has 2 aliphatic heterocycles. The molecule has 5 rings (SSSR count). The van der Waals surface area contributed by atoms with Crippen LogP contribution in [0.2, 0.25) is 0 Å². The maximum atomic E-state index is 12.5. The summed E-state index contributed by atoms with van der Waals surface area (Å²) in [5.74, 6) is 1.33. The van der Waals surface area contributed by atoms with E-state index >= 15 is 0 Å². The highest BCUT2D eigenvalue weighted by molar-refractivity contribution is 6.16. The lowest BCUT2D eigenvalue weighted by Crippen LogP contribution is -2.24. The summed E-state index contributed by atoms with van der Waals surface area (Å²) in [7, 11) is 2.80. The Labute approximate surface area is 226 Å². The number of fused-ring (bicyclic) bond motifs is 1. The third-order valence-corrected chi connectivity index (χ3v) is 6.52. The Morgan fingerprint density at radius 2 is 1.85 bits per heavy atom. The average Bonchev–Trinajstić information content (AvgIpc) is 3.62. The van der Waals surface area contributed by atoms with E-state index in [1.54, 1.807) is 0 Å². The van der Waals surface area contributed by atoms with Crippen molar-refractivity contribution in [1.29, 1.82) is 0 Å². The summed E-state index contributed by atoms with van der Waals surface area (Å²) >= 11 is 0. The molecule has 0 saturated heterocycles. The van der Waals surface area contributed by atoms with Crippen LogP contribution in [0.15, 0.2) is 78.1 Å². The second-order valence-corrected chi connectivity index (χ2v) is 8.98. The Hall–Kier alpha value is -4.79. The molecule has 1 atom stereocenters. The van der Waals surface area contributed by atoms with Gasteiger partial charge in [-0.05, 0) is 41.0 Å². The van der Waals surface area contributed by atoms with Gasteiger partial charge in [0.15, 0.2) is 11.5 Å². The summed E-state index contributed by atoms with van der Waals surface area (Å²) in [5.41, 5.74) is 4.29. The van der Waals surface area contributed by atoms with Crippen molar-refractivity contribution in [2.45, 2.75) is 26.0 Å². The maximum absolute atomic E-state index is 12.5. The van der Waals surface area contributed by atoms with Crippen molar-refractivity contribution >= 4 is 23.2 Å². The average molecular weight is 529 g/mol. The molecule has 3 aromatic carbocycles. The molecule has 9 nitrogen and oxygen atoms in total. The van der Waals surface area contributed by atoms with Gasteiger partial charge in [0.25, 0.3) is 0 Å². The van der Waals surface area contributed by atoms with Crippen LogP contribution in [-0.2, 0) is 25.7 Å². The molecule has 2 heterocycles. The van der Waals surface area contributed by atoms with Gasteiger partial charge in [-0.2, -0.15) is 5.10 Å². The number of methoxy groups -OCH3 is 2. The van der Waals surface area contributed by atoms with Crippen LogP contribution < -0.4 is 14.2 Å². The summed E-state index contributed by atoms with van der Waals surface area (Å²) in [6, 6.07) is 20.4. The Morgan fingerprint density at radius 3 is 2.64 bits per heavy atom. The van der Waals surface area contributed by atoms with E-state index in [0.29, 0.717) is 34.8 Å². The first-order valence-electron chi connectivity index (χ1n) is 12.4. The molecule has 2 aliphatic rings. The van der Waals surface area contributed by atoms with Crippen LogP contribution in [0.25, 0.3) is 5.57 Å². The molecule has 0 spiro atoms. The molecule has 1 unspecified atom stereocenters. The van der Waals surface area contributed by atoms with E-state index < -0.39 is 5.97 Å². The molecule has 0 saturated carbocycles. The van der Waals surface area contributed by atoms with Crippen molar-refractivity contribution < 1.29 is 33.3 Å². The summed E-state index contributed by atoms with van der Waals surface area (Å²) < 4.78 is 27.1. The van der Waals surface area contributed by atoms with E-state index in [2.05, 4.69) is 5.10 Å². The quantitative estimate of drug-likeness (QED) is 0.234.